The predicted octanol–water partition coefficient (Wildman–Crippen LogP) is 3.41. The lowest BCUT2D eigenvalue weighted by Crippen LogP contribution is -2.37. The van der Waals surface area contributed by atoms with Crippen LogP contribution < -0.4 is 5.32 Å². The monoisotopic (exact) mass is 484 g/mol. The van der Waals surface area contributed by atoms with Crippen LogP contribution in [0.3, 0.4) is 0 Å². The van der Waals surface area contributed by atoms with Crippen LogP contribution in [0, 0.1) is 5.82 Å². The molecule has 0 atom stereocenters. The quantitative estimate of drug-likeness (QED) is 0.519. The smallest absolute Gasteiger partial charge is 0.359 e. The van der Waals surface area contributed by atoms with Gasteiger partial charge < -0.3 is 15.0 Å². The van der Waals surface area contributed by atoms with Crippen molar-refractivity contribution in [3.8, 4) is 5.69 Å². The Bertz CT molecular complexity index is 1240. The van der Waals surface area contributed by atoms with Crippen LogP contribution in [0.15, 0.2) is 48.5 Å². The minimum absolute atomic E-state index is 0.142. The minimum Gasteiger partial charge on any atom is -0.451 e. The van der Waals surface area contributed by atoms with E-state index in [-0.39, 0.29) is 18.1 Å². The number of carbonyl (C=O) groups excluding carboxylic acids is 3. The second-order valence-corrected chi connectivity index (χ2v) is 8.28. The van der Waals surface area contributed by atoms with Crippen molar-refractivity contribution in [2.75, 3.05) is 25.5 Å². The first-order chi connectivity index (χ1) is 16.3. The number of para-hydroxylation sites is 1. The van der Waals surface area contributed by atoms with E-state index in [1.165, 1.54) is 19.2 Å². The van der Waals surface area contributed by atoms with E-state index in [0.717, 1.165) is 29.0 Å². The van der Waals surface area contributed by atoms with Crippen LogP contribution in [0.1, 0.15) is 28.2 Å². The maximum atomic E-state index is 13.3. The normalized spacial score (nSPS) is 12.2. The molecule has 0 unspecified atom stereocenters. The second-order valence-electron chi connectivity index (χ2n) is 7.87. The van der Waals surface area contributed by atoms with E-state index in [1.54, 1.807) is 41.1 Å². The first-order valence-corrected chi connectivity index (χ1v) is 11.0. The van der Waals surface area contributed by atoms with E-state index in [2.05, 4.69) is 10.4 Å². The van der Waals surface area contributed by atoms with E-state index >= 15 is 0 Å². The second kappa shape index (κ2) is 10.0. The van der Waals surface area contributed by atoms with Crippen LogP contribution >= 0.6 is 11.6 Å². The minimum atomic E-state index is -0.721. The summed E-state index contributed by atoms with van der Waals surface area (Å²) in [5.41, 5.74) is 2.86. The van der Waals surface area contributed by atoms with Crippen molar-refractivity contribution in [3.63, 3.8) is 0 Å². The lowest BCUT2D eigenvalue weighted by Gasteiger charge is -2.17. The van der Waals surface area contributed by atoms with Crippen molar-refractivity contribution >= 4 is 35.1 Å². The van der Waals surface area contributed by atoms with Crippen molar-refractivity contribution in [3.05, 3.63) is 76.3 Å². The van der Waals surface area contributed by atoms with Crippen LogP contribution in [0.2, 0.25) is 5.02 Å². The Kier molecular flexibility index (Phi) is 6.93. The van der Waals surface area contributed by atoms with Crippen molar-refractivity contribution in [1.82, 2.24) is 14.7 Å². The first-order valence-electron chi connectivity index (χ1n) is 10.7. The van der Waals surface area contributed by atoms with Gasteiger partial charge >= 0.3 is 5.97 Å². The summed E-state index contributed by atoms with van der Waals surface area (Å²) in [6.45, 7) is -0.775. The molecule has 1 aliphatic rings. The van der Waals surface area contributed by atoms with E-state index in [0.29, 0.717) is 22.8 Å². The number of hydrogen-bond donors (Lipinski definition) is 1. The third-order valence-electron chi connectivity index (χ3n) is 5.48. The molecule has 0 radical (unpaired) electrons. The zero-order valence-electron chi connectivity index (χ0n) is 18.4. The highest BCUT2D eigenvalue weighted by Gasteiger charge is 2.28. The molecule has 34 heavy (non-hydrogen) atoms. The molecule has 1 aromatic heterocycles. The number of halogens is 2. The van der Waals surface area contributed by atoms with E-state index in [9.17, 15) is 18.8 Å². The number of carbonyl (C=O) groups is 3. The van der Waals surface area contributed by atoms with Crippen LogP contribution in [0.25, 0.3) is 5.69 Å². The topological polar surface area (TPSA) is 93.5 Å². The molecule has 10 heteroatoms. The van der Waals surface area contributed by atoms with Crippen LogP contribution in [-0.2, 0) is 27.2 Å². The number of aromatic nitrogens is 2. The van der Waals surface area contributed by atoms with Crippen LogP contribution in [0.4, 0.5) is 10.1 Å². The highest BCUT2D eigenvalue weighted by Crippen LogP contribution is 2.28. The molecule has 4 rings (SSSR count). The fourth-order valence-electron chi connectivity index (χ4n) is 3.76. The Morgan fingerprint density at radius 1 is 1.15 bits per heavy atom. The highest BCUT2D eigenvalue weighted by molar-refractivity contribution is 6.33. The van der Waals surface area contributed by atoms with Crippen molar-refractivity contribution in [2.45, 2.75) is 19.3 Å². The van der Waals surface area contributed by atoms with Gasteiger partial charge in [-0.15, -0.1) is 0 Å². The standard InChI is InChI=1S/C24H22ClFN4O4/c1-29(13-21(31)27-19-7-3-2-6-18(19)25)22(32)14-34-24(33)23-17-5-4-8-20(17)30(28-23)16-11-9-15(26)10-12-16/h2-3,6-7,9-12H,4-5,8,13-14H2,1H3,(H,27,31). The largest absolute Gasteiger partial charge is 0.451 e. The number of amides is 2. The number of anilines is 1. The summed E-state index contributed by atoms with van der Waals surface area (Å²) in [5, 5.41) is 7.38. The predicted molar refractivity (Wildman–Crippen MR) is 124 cm³/mol. The van der Waals surface area contributed by atoms with Gasteiger partial charge in [-0.1, -0.05) is 23.7 Å². The molecule has 0 saturated heterocycles. The summed E-state index contributed by atoms with van der Waals surface area (Å²) in [4.78, 5) is 38.5. The van der Waals surface area contributed by atoms with Gasteiger partial charge in [-0.3, -0.25) is 9.59 Å². The Morgan fingerprint density at radius 2 is 1.88 bits per heavy atom. The van der Waals surface area contributed by atoms with Gasteiger partial charge in [0.2, 0.25) is 5.91 Å². The maximum absolute atomic E-state index is 13.3. The highest BCUT2D eigenvalue weighted by atomic mass is 35.5. The van der Waals surface area contributed by atoms with Crippen molar-refractivity contribution in [1.29, 1.82) is 0 Å². The Balaban J connectivity index is 1.36. The molecule has 3 aromatic rings. The summed E-state index contributed by atoms with van der Waals surface area (Å²) < 4.78 is 20.1. The summed E-state index contributed by atoms with van der Waals surface area (Å²) in [6.07, 6.45) is 2.25. The van der Waals surface area contributed by atoms with Crippen molar-refractivity contribution < 1.29 is 23.5 Å². The van der Waals surface area contributed by atoms with Gasteiger partial charge in [0.1, 0.15) is 5.82 Å². The lowest BCUT2D eigenvalue weighted by molar-refractivity contribution is -0.136. The molecule has 0 spiro atoms. The number of hydrogen-bond acceptors (Lipinski definition) is 5. The Labute approximate surface area is 200 Å². The van der Waals surface area contributed by atoms with Gasteiger partial charge in [0.05, 0.1) is 22.9 Å². The zero-order valence-corrected chi connectivity index (χ0v) is 19.1. The molecule has 0 bridgehead atoms. The summed E-state index contributed by atoms with van der Waals surface area (Å²) in [5.74, 6) is -2.07. The lowest BCUT2D eigenvalue weighted by atomic mass is 10.2. The fraction of sp³-hybridized carbons (Fsp3) is 0.250. The average Bonchev–Trinajstić information content (AvgIpc) is 3.42. The molecule has 1 N–H and O–H groups in total. The number of nitrogens with zero attached hydrogens (tertiary/aromatic N) is 3. The molecule has 1 aliphatic carbocycles. The van der Waals surface area contributed by atoms with E-state index < -0.39 is 24.4 Å². The molecule has 8 nitrogen and oxygen atoms in total. The number of rotatable bonds is 7. The number of fused-ring (bicyclic) bond motifs is 1. The number of nitrogens with one attached hydrogen (secondary N) is 1. The number of esters is 1. The average molecular weight is 485 g/mol. The van der Waals surface area contributed by atoms with Gasteiger partial charge in [-0.2, -0.15) is 5.10 Å². The third kappa shape index (κ3) is 5.09. The molecule has 0 saturated carbocycles. The summed E-state index contributed by atoms with van der Waals surface area (Å²) in [6, 6.07) is 12.6. The molecule has 1 heterocycles. The fourth-order valence-corrected chi connectivity index (χ4v) is 3.94. The maximum Gasteiger partial charge on any atom is 0.359 e. The first kappa shape index (κ1) is 23.4. The summed E-state index contributed by atoms with van der Waals surface area (Å²) in [7, 11) is 1.43. The van der Waals surface area contributed by atoms with Crippen LogP contribution in [0.5, 0.6) is 0 Å². The van der Waals surface area contributed by atoms with Gasteiger partial charge in [-0.05, 0) is 55.7 Å². The number of likely N-dealkylation sites (N-methyl/N-ethyl adjacent to an activating group) is 1. The van der Waals surface area contributed by atoms with Gasteiger partial charge in [0.25, 0.3) is 5.91 Å². The molecular formula is C24H22ClFN4O4. The molecule has 2 amide bonds. The van der Waals surface area contributed by atoms with Gasteiger partial charge in [0.15, 0.2) is 12.3 Å². The molecule has 2 aromatic carbocycles. The van der Waals surface area contributed by atoms with Crippen molar-refractivity contribution in [2.24, 2.45) is 0 Å². The third-order valence-corrected chi connectivity index (χ3v) is 5.81. The summed E-state index contributed by atoms with van der Waals surface area (Å²) >= 11 is 6.02. The SMILES string of the molecule is CN(CC(=O)Nc1ccccc1Cl)C(=O)COC(=O)c1nn(-c2ccc(F)cc2)c2c1CCC2. The number of benzene rings is 2. The molecule has 0 fully saturated rings. The zero-order chi connectivity index (χ0) is 24.2. The number of ether oxygens (including phenoxy) is 1. The van der Waals surface area contributed by atoms with E-state index in [1.807, 2.05) is 0 Å². The molecule has 176 valence electrons. The van der Waals surface area contributed by atoms with Gasteiger partial charge in [-0.25, -0.2) is 13.9 Å². The van der Waals surface area contributed by atoms with Gasteiger partial charge in [0, 0.05) is 18.3 Å². The Hall–Kier alpha value is -3.72. The Morgan fingerprint density at radius 3 is 2.62 bits per heavy atom. The van der Waals surface area contributed by atoms with Crippen LogP contribution in [-0.4, -0.2) is 52.7 Å². The molecular weight excluding hydrogens is 463 g/mol. The molecule has 0 aliphatic heterocycles. The van der Waals surface area contributed by atoms with E-state index in [4.69, 9.17) is 16.3 Å².